The van der Waals surface area contributed by atoms with Crippen molar-refractivity contribution in [2.24, 2.45) is 0 Å². The van der Waals surface area contributed by atoms with Crippen molar-refractivity contribution in [1.82, 2.24) is 4.98 Å². The maximum atomic E-state index is 12.2. The number of carbonyl (C=O) groups excluding carboxylic acids is 1. The van der Waals surface area contributed by atoms with E-state index in [0.29, 0.717) is 0 Å². The Hall–Kier alpha value is -2.88. The zero-order valence-electron chi connectivity index (χ0n) is 13.2. The van der Waals surface area contributed by atoms with E-state index in [4.69, 9.17) is 4.74 Å². The first-order valence-corrected chi connectivity index (χ1v) is 7.48. The molecule has 0 saturated heterocycles. The van der Waals surface area contributed by atoms with E-state index in [9.17, 15) is 4.79 Å². The molecule has 0 radical (unpaired) electrons. The predicted molar refractivity (Wildman–Crippen MR) is 91.8 cm³/mol. The maximum Gasteiger partial charge on any atom is 0.262 e. The highest BCUT2D eigenvalue weighted by Crippen LogP contribution is 2.22. The maximum absolute atomic E-state index is 12.2. The van der Waals surface area contributed by atoms with Gasteiger partial charge in [-0.1, -0.05) is 24.3 Å². The number of carbonyl (C=O) groups is 1. The second-order valence-corrected chi connectivity index (χ2v) is 5.43. The van der Waals surface area contributed by atoms with Crippen molar-refractivity contribution in [3.05, 3.63) is 65.9 Å². The van der Waals surface area contributed by atoms with Crippen molar-refractivity contribution in [3.8, 4) is 5.75 Å². The summed E-state index contributed by atoms with van der Waals surface area (Å²) in [4.78, 5) is 16.6. The highest BCUT2D eigenvalue weighted by molar-refractivity contribution is 6.01. The first-order chi connectivity index (χ1) is 11.1. The number of benzene rings is 2. The van der Waals surface area contributed by atoms with Crippen molar-refractivity contribution in [3.63, 3.8) is 0 Å². The Morgan fingerprint density at radius 1 is 1.04 bits per heavy atom. The second kappa shape index (κ2) is 6.48. The molecule has 0 aliphatic rings. The first-order valence-electron chi connectivity index (χ1n) is 7.48. The van der Waals surface area contributed by atoms with E-state index >= 15 is 0 Å². The van der Waals surface area contributed by atoms with Gasteiger partial charge in [-0.2, -0.15) is 0 Å². The number of aromatic nitrogens is 1. The number of nitrogens with zero attached hydrogens (tertiary/aromatic N) is 1. The molecule has 3 aromatic rings. The molecule has 4 nitrogen and oxygen atoms in total. The van der Waals surface area contributed by atoms with Gasteiger partial charge in [-0.15, -0.1) is 0 Å². The molecule has 1 aromatic heterocycles. The Morgan fingerprint density at radius 3 is 2.70 bits per heavy atom. The lowest BCUT2D eigenvalue weighted by Gasteiger charge is -2.11. The van der Waals surface area contributed by atoms with Gasteiger partial charge in [0.15, 0.2) is 6.61 Å². The predicted octanol–water partition coefficient (Wildman–Crippen LogP) is 3.87. The van der Waals surface area contributed by atoms with Gasteiger partial charge in [0.1, 0.15) is 5.75 Å². The van der Waals surface area contributed by atoms with Crippen molar-refractivity contribution in [2.75, 3.05) is 11.9 Å². The van der Waals surface area contributed by atoms with Crippen molar-refractivity contribution in [1.29, 1.82) is 0 Å². The van der Waals surface area contributed by atoms with E-state index < -0.39 is 0 Å². The number of aryl methyl sites for hydroxylation is 2. The summed E-state index contributed by atoms with van der Waals surface area (Å²) in [5, 5.41) is 3.81. The third-order valence-electron chi connectivity index (χ3n) is 3.60. The van der Waals surface area contributed by atoms with E-state index in [-0.39, 0.29) is 12.5 Å². The Labute approximate surface area is 135 Å². The molecule has 0 spiro atoms. The van der Waals surface area contributed by atoms with Crippen LogP contribution in [-0.2, 0) is 4.79 Å². The summed E-state index contributed by atoms with van der Waals surface area (Å²) >= 11 is 0. The lowest BCUT2D eigenvalue weighted by Crippen LogP contribution is -2.20. The lowest BCUT2D eigenvalue weighted by atomic mass is 10.1. The highest BCUT2D eigenvalue weighted by atomic mass is 16.5. The van der Waals surface area contributed by atoms with Crippen LogP contribution in [0.15, 0.2) is 54.6 Å². The largest absolute Gasteiger partial charge is 0.483 e. The Balaban J connectivity index is 1.72. The molecule has 23 heavy (non-hydrogen) atoms. The zero-order valence-corrected chi connectivity index (χ0v) is 13.2. The smallest absolute Gasteiger partial charge is 0.262 e. The van der Waals surface area contributed by atoms with E-state index in [1.807, 2.05) is 68.4 Å². The molecule has 0 fully saturated rings. The molecule has 0 aliphatic carbocycles. The molecule has 0 bridgehead atoms. The third-order valence-corrected chi connectivity index (χ3v) is 3.60. The summed E-state index contributed by atoms with van der Waals surface area (Å²) in [6, 6.07) is 17.2. The van der Waals surface area contributed by atoms with Crippen molar-refractivity contribution in [2.45, 2.75) is 13.8 Å². The summed E-state index contributed by atoms with van der Waals surface area (Å²) in [5.74, 6) is 0.527. The van der Waals surface area contributed by atoms with Crippen LogP contribution in [0.5, 0.6) is 5.75 Å². The van der Waals surface area contributed by atoms with Gasteiger partial charge in [-0.3, -0.25) is 9.78 Å². The minimum Gasteiger partial charge on any atom is -0.483 e. The third kappa shape index (κ3) is 3.48. The first kappa shape index (κ1) is 15.0. The minimum atomic E-state index is -0.193. The molecule has 2 aromatic carbocycles. The summed E-state index contributed by atoms with van der Waals surface area (Å²) in [6.07, 6.45) is 0. The van der Waals surface area contributed by atoms with Gasteiger partial charge in [0.05, 0.1) is 11.2 Å². The van der Waals surface area contributed by atoms with Crippen LogP contribution in [0.4, 0.5) is 5.69 Å². The van der Waals surface area contributed by atoms with Crippen LogP contribution in [0, 0.1) is 13.8 Å². The van der Waals surface area contributed by atoms with Crippen LogP contribution in [0.1, 0.15) is 11.3 Å². The molecule has 1 N–H and O–H groups in total. The van der Waals surface area contributed by atoms with E-state index in [1.165, 1.54) is 0 Å². The normalized spacial score (nSPS) is 10.5. The average molecular weight is 306 g/mol. The van der Waals surface area contributed by atoms with Crippen LogP contribution in [-0.4, -0.2) is 17.5 Å². The molecule has 3 rings (SSSR count). The SMILES string of the molecule is Cc1ccc2c(NC(=O)COc3ccccc3C)cccc2n1. The van der Waals surface area contributed by atoms with Crippen LogP contribution in [0.2, 0.25) is 0 Å². The highest BCUT2D eigenvalue weighted by Gasteiger charge is 2.08. The van der Waals surface area contributed by atoms with Crippen molar-refractivity contribution < 1.29 is 9.53 Å². The number of nitrogens with one attached hydrogen (secondary N) is 1. The Bertz CT molecular complexity index is 859. The summed E-state index contributed by atoms with van der Waals surface area (Å²) in [5.41, 5.74) is 3.56. The quantitative estimate of drug-likeness (QED) is 0.796. The minimum absolute atomic E-state index is 0.0273. The Morgan fingerprint density at radius 2 is 1.87 bits per heavy atom. The molecule has 0 saturated carbocycles. The van der Waals surface area contributed by atoms with Gasteiger partial charge in [0.25, 0.3) is 5.91 Å². The number of hydrogen-bond acceptors (Lipinski definition) is 3. The van der Waals surface area contributed by atoms with Crippen LogP contribution in [0.3, 0.4) is 0 Å². The van der Waals surface area contributed by atoms with Gasteiger partial charge in [0.2, 0.25) is 0 Å². The number of ether oxygens (including phenoxy) is 1. The van der Waals surface area contributed by atoms with Crippen LogP contribution >= 0.6 is 0 Å². The fourth-order valence-corrected chi connectivity index (χ4v) is 2.41. The van der Waals surface area contributed by atoms with E-state index in [0.717, 1.165) is 33.6 Å². The molecule has 0 atom stereocenters. The van der Waals surface area contributed by atoms with Gasteiger partial charge in [-0.05, 0) is 49.7 Å². The fraction of sp³-hybridized carbons (Fsp3) is 0.158. The summed E-state index contributed by atoms with van der Waals surface area (Å²) < 4.78 is 5.57. The number of fused-ring (bicyclic) bond motifs is 1. The van der Waals surface area contributed by atoms with E-state index in [1.54, 1.807) is 0 Å². The standard InChI is InChI=1S/C19H18N2O2/c1-13-6-3-4-9-18(13)23-12-19(22)21-17-8-5-7-16-15(17)11-10-14(2)20-16/h3-11H,12H2,1-2H3,(H,21,22). The summed E-state index contributed by atoms with van der Waals surface area (Å²) in [6.45, 7) is 3.87. The van der Waals surface area contributed by atoms with Crippen LogP contribution < -0.4 is 10.1 Å². The second-order valence-electron chi connectivity index (χ2n) is 5.43. The monoisotopic (exact) mass is 306 g/mol. The van der Waals surface area contributed by atoms with Gasteiger partial charge >= 0.3 is 0 Å². The molecule has 0 aliphatic heterocycles. The molecular weight excluding hydrogens is 288 g/mol. The van der Waals surface area contributed by atoms with Gasteiger partial charge in [-0.25, -0.2) is 0 Å². The lowest BCUT2D eigenvalue weighted by molar-refractivity contribution is -0.118. The fourth-order valence-electron chi connectivity index (χ4n) is 2.41. The molecule has 1 amide bonds. The summed E-state index contributed by atoms with van der Waals surface area (Å²) in [7, 11) is 0. The number of hydrogen-bond donors (Lipinski definition) is 1. The molecule has 116 valence electrons. The number of pyridine rings is 1. The van der Waals surface area contributed by atoms with Crippen molar-refractivity contribution >= 4 is 22.5 Å². The van der Waals surface area contributed by atoms with E-state index in [2.05, 4.69) is 10.3 Å². The number of amides is 1. The zero-order chi connectivity index (χ0) is 16.2. The molecule has 1 heterocycles. The average Bonchev–Trinajstić information content (AvgIpc) is 2.54. The van der Waals surface area contributed by atoms with Gasteiger partial charge in [0, 0.05) is 11.1 Å². The molecule has 0 unspecified atom stereocenters. The van der Waals surface area contributed by atoms with Gasteiger partial charge < -0.3 is 10.1 Å². The Kier molecular flexibility index (Phi) is 4.24. The number of para-hydroxylation sites is 1. The van der Waals surface area contributed by atoms with Crippen LogP contribution in [0.25, 0.3) is 10.9 Å². The molecule has 4 heteroatoms. The number of anilines is 1. The number of rotatable bonds is 4. The molecular formula is C19H18N2O2. The topological polar surface area (TPSA) is 51.2 Å².